The maximum absolute atomic E-state index is 14.4. The fourth-order valence-electron chi connectivity index (χ4n) is 3.16. The van der Waals surface area contributed by atoms with Gasteiger partial charge in [-0.1, -0.05) is 12.1 Å². The van der Waals surface area contributed by atoms with Gasteiger partial charge in [0, 0.05) is 35.8 Å². The van der Waals surface area contributed by atoms with E-state index in [1.807, 2.05) is 0 Å². The zero-order valence-electron chi connectivity index (χ0n) is 15.2. The average molecular weight is 377 g/mol. The lowest BCUT2D eigenvalue weighted by Gasteiger charge is -2.11. The fourth-order valence-corrected chi connectivity index (χ4v) is 3.16. The number of hydrogen-bond donors (Lipinski definition) is 1. The van der Waals surface area contributed by atoms with Crippen LogP contribution in [0.3, 0.4) is 0 Å². The van der Waals surface area contributed by atoms with Gasteiger partial charge in [-0.2, -0.15) is 5.10 Å². The van der Waals surface area contributed by atoms with E-state index in [0.29, 0.717) is 51.3 Å². The van der Waals surface area contributed by atoms with Gasteiger partial charge in [0.2, 0.25) is 6.41 Å². The number of carbonyl (C=O) groups excluding carboxylic acids is 1. The number of nitrogens with zero attached hydrogens (tertiary/aromatic N) is 4. The van der Waals surface area contributed by atoms with E-state index < -0.39 is 0 Å². The second kappa shape index (κ2) is 7.07. The van der Waals surface area contributed by atoms with Crippen LogP contribution < -0.4 is 10.1 Å². The third-order valence-corrected chi connectivity index (χ3v) is 4.38. The predicted molar refractivity (Wildman–Crippen MR) is 103 cm³/mol. The smallest absolute Gasteiger partial charge is 0.211 e. The summed E-state index contributed by atoms with van der Waals surface area (Å²) in [5.74, 6) is 0.107. The van der Waals surface area contributed by atoms with Gasteiger partial charge < -0.3 is 10.1 Å². The molecule has 7 nitrogen and oxygen atoms in total. The Morgan fingerprint density at radius 3 is 2.71 bits per heavy atom. The molecular weight excluding hydrogens is 361 g/mol. The quantitative estimate of drug-likeness (QED) is 0.539. The van der Waals surface area contributed by atoms with Crippen LogP contribution in [0.25, 0.3) is 33.4 Å². The molecule has 0 atom stereocenters. The highest BCUT2D eigenvalue weighted by atomic mass is 19.1. The Morgan fingerprint density at radius 2 is 1.96 bits per heavy atom. The van der Waals surface area contributed by atoms with Crippen LogP contribution in [0, 0.1) is 5.82 Å². The summed E-state index contributed by atoms with van der Waals surface area (Å²) in [7, 11) is 3.27. The molecule has 0 bridgehead atoms. The number of ether oxygens (including phenoxy) is 1. The first kappa shape index (κ1) is 17.6. The summed E-state index contributed by atoms with van der Waals surface area (Å²) in [4.78, 5) is 19.7. The van der Waals surface area contributed by atoms with Crippen LogP contribution in [0.1, 0.15) is 0 Å². The number of hydrogen-bond acceptors (Lipinski definition) is 5. The predicted octanol–water partition coefficient (Wildman–Crippen LogP) is 3.41. The van der Waals surface area contributed by atoms with E-state index in [4.69, 9.17) is 4.74 Å². The fraction of sp³-hybridized carbons (Fsp3) is 0.100. The van der Waals surface area contributed by atoms with Gasteiger partial charge in [-0.05, 0) is 18.2 Å². The topological polar surface area (TPSA) is 81.9 Å². The number of rotatable bonds is 5. The summed E-state index contributed by atoms with van der Waals surface area (Å²) in [5.41, 5.74) is 3.19. The van der Waals surface area contributed by atoms with E-state index in [1.165, 1.54) is 19.5 Å². The summed E-state index contributed by atoms with van der Waals surface area (Å²) in [6.45, 7) is 0. The van der Waals surface area contributed by atoms with Crippen molar-refractivity contribution in [1.82, 2.24) is 19.7 Å². The number of fused-ring (bicyclic) bond motifs is 1. The summed E-state index contributed by atoms with van der Waals surface area (Å²) in [5, 5.41) is 7.73. The number of halogens is 1. The molecule has 1 amide bonds. The molecule has 0 spiro atoms. The van der Waals surface area contributed by atoms with E-state index in [2.05, 4.69) is 20.4 Å². The van der Waals surface area contributed by atoms with Crippen LogP contribution in [-0.2, 0) is 11.8 Å². The second-order valence-electron chi connectivity index (χ2n) is 6.10. The summed E-state index contributed by atoms with van der Waals surface area (Å²) >= 11 is 0. The number of methoxy groups -OCH3 is 1. The third-order valence-electron chi connectivity index (χ3n) is 4.38. The summed E-state index contributed by atoms with van der Waals surface area (Å²) < 4.78 is 21.3. The Labute approximate surface area is 159 Å². The molecule has 0 saturated carbocycles. The number of aromatic nitrogens is 4. The average Bonchev–Trinajstić information content (AvgIpc) is 3.09. The van der Waals surface area contributed by atoms with Crippen molar-refractivity contribution in [3.63, 3.8) is 0 Å². The van der Waals surface area contributed by atoms with Crippen molar-refractivity contribution >= 4 is 23.0 Å². The number of amides is 1. The Balaban J connectivity index is 1.99. The molecule has 0 radical (unpaired) electrons. The first-order chi connectivity index (χ1) is 13.6. The minimum Gasteiger partial charge on any atom is -0.494 e. The van der Waals surface area contributed by atoms with Crippen LogP contribution >= 0.6 is 0 Å². The Hall–Kier alpha value is -3.81. The standard InChI is InChI=1S/C20H16FN5O2/c1-26-9-14(20(25-26)12-5-3-4-6-15(12)21)19-13-7-17(24-11-27)18(28-2)8-16(13)22-10-23-19/h3-11H,1-2H3,(H,24,27). The monoisotopic (exact) mass is 377 g/mol. The molecule has 2 heterocycles. The van der Waals surface area contributed by atoms with Crippen LogP contribution in [0.5, 0.6) is 5.75 Å². The van der Waals surface area contributed by atoms with Crippen molar-refractivity contribution in [2.75, 3.05) is 12.4 Å². The molecule has 0 saturated heterocycles. The van der Waals surface area contributed by atoms with Gasteiger partial charge in [0.15, 0.2) is 0 Å². The van der Waals surface area contributed by atoms with Gasteiger partial charge in [-0.15, -0.1) is 0 Å². The Bertz CT molecular complexity index is 1190. The summed E-state index contributed by atoms with van der Waals surface area (Å²) in [6.07, 6.45) is 3.78. The minimum absolute atomic E-state index is 0.370. The van der Waals surface area contributed by atoms with E-state index in [-0.39, 0.29) is 5.82 Å². The molecule has 0 aliphatic rings. The molecule has 2 aromatic carbocycles. The van der Waals surface area contributed by atoms with Gasteiger partial charge in [0.05, 0.1) is 24.0 Å². The van der Waals surface area contributed by atoms with Crippen LogP contribution in [0.2, 0.25) is 0 Å². The lowest BCUT2D eigenvalue weighted by molar-refractivity contribution is -0.105. The van der Waals surface area contributed by atoms with Gasteiger partial charge in [0.1, 0.15) is 23.6 Å². The first-order valence-corrected chi connectivity index (χ1v) is 8.44. The molecular formula is C20H16FN5O2. The Kier molecular flexibility index (Phi) is 4.44. The highest BCUT2D eigenvalue weighted by molar-refractivity contribution is 5.99. The van der Waals surface area contributed by atoms with Gasteiger partial charge in [-0.25, -0.2) is 14.4 Å². The molecule has 28 heavy (non-hydrogen) atoms. The zero-order valence-corrected chi connectivity index (χ0v) is 15.2. The van der Waals surface area contributed by atoms with E-state index in [9.17, 15) is 9.18 Å². The minimum atomic E-state index is -0.370. The normalized spacial score (nSPS) is 10.8. The van der Waals surface area contributed by atoms with Crippen molar-refractivity contribution < 1.29 is 13.9 Å². The second-order valence-corrected chi connectivity index (χ2v) is 6.10. The third kappa shape index (κ3) is 2.94. The SMILES string of the molecule is COc1cc2ncnc(-c3cn(C)nc3-c3ccccc3F)c2cc1NC=O. The van der Waals surface area contributed by atoms with Crippen molar-refractivity contribution in [3.05, 3.63) is 54.7 Å². The van der Waals surface area contributed by atoms with Crippen molar-refractivity contribution in [2.24, 2.45) is 7.05 Å². The number of aryl methyl sites for hydroxylation is 1. The lowest BCUT2D eigenvalue weighted by Crippen LogP contribution is -1.99. The molecule has 1 N–H and O–H groups in total. The van der Waals surface area contributed by atoms with E-state index in [1.54, 1.807) is 48.3 Å². The van der Waals surface area contributed by atoms with E-state index >= 15 is 0 Å². The highest BCUT2D eigenvalue weighted by Crippen LogP contribution is 2.37. The van der Waals surface area contributed by atoms with Crippen LogP contribution in [0.4, 0.5) is 10.1 Å². The largest absolute Gasteiger partial charge is 0.494 e. The van der Waals surface area contributed by atoms with Crippen molar-refractivity contribution in [3.8, 4) is 28.3 Å². The number of carbonyl (C=O) groups is 1. The summed E-state index contributed by atoms with van der Waals surface area (Å²) in [6, 6.07) is 9.90. The first-order valence-electron chi connectivity index (χ1n) is 8.44. The Morgan fingerprint density at radius 1 is 1.14 bits per heavy atom. The molecule has 0 aliphatic heterocycles. The number of anilines is 1. The zero-order chi connectivity index (χ0) is 19.7. The number of benzene rings is 2. The molecule has 4 rings (SSSR count). The van der Waals surface area contributed by atoms with Crippen LogP contribution in [-0.4, -0.2) is 33.3 Å². The van der Waals surface area contributed by atoms with Crippen molar-refractivity contribution in [2.45, 2.75) is 0 Å². The maximum Gasteiger partial charge on any atom is 0.211 e. The molecule has 0 fully saturated rings. The van der Waals surface area contributed by atoms with Gasteiger partial charge in [0.25, 0.3) is 0 Å². The molecule has 8 heteroatoms. The lowest BCUT2D eigenvalue weighted by atomic mass is 10.0. The van der Waals surface area contributed by atoms with Crippen LogP contribution in [0.15, 0.2) is 48.9 Å². The molecule has 2 aromatic heterocycles. The molecule has 140 valence electrons. The van der Waals surface area contributed by atoms with Gasteiger partial charge in [-0.3, -0.25) is 9.48 Å². The molecule has 0 aliphatic carbocycles. The maximum atomic E-state index is 14.4. The highest BCUT2D eigenvalue weighted by Gasteiger charge is 2.19. The van der Waals surface area contributed by atoms with Crippen molar-refractivity contribution in [1.29, 1.82) is 0 Å². The molecule has 0 unspecified atom stereocenters. The molecule has 4 aromatic rings. The van der Waals surface area contributed by atoms with Gasteiger partial charge >= 0.3 is 0 Å². The van der Waals surface area contributed by atoms with E-state index in [0.717, 1.165) is 0 Å². The number of nitrogens with one attached hydrogen (secondary N) is 1.